The molecule has 27 heavy (non-hydrogen) atoms. The number of carbonyl (C=O) groups is 3. The number of hydrogen-bond acceptors (Lipinski definition) is 5. The first-order valence-corrected chi connectivity index (χ1v) is 9.18. The lowest BCUT2D eigenvalue weighted by molar-refractivity contribution is -0.143. The Hall–Kier alpha value is -2.57. The highest BCUT2D eigenvalue weighted by atomic mass is 16.5. The molecular weight excluding hydrogens is 348 g/mol. The maximum atomic E-state index is 12.9. The standard InChI is InChI=1S/C20H28N2O5/c1-13(2)21(4)20(26)16-10-22(14(3)24)9-8-15(16)12-27-19-7-5-6-18(25)17(19)11-23/h5-7,11,13,15-16,25H,8-10,12H2,1-4H3. The van der Waals surface area contributed by atoms with Crippen molar-refractivity contribution in [3.05, 3.63) is 23.8 Å². The first kappa shape index (κ1) is 20.7. The van der Waals surface area contributed by atoms with Crippen LogP contribution in [0.3, 0.4) is 0 Å². The van der Waals surface area contributed by atoms with E-state index in [0.717, 1.165) is 0 Å². The van der Waals surface area contributed by atoms with Crippen LogP contribution in [-0.2, 0) is 9.59 Å². The summed E-state index contributed by atoms with van der Waals surface area (Å²) in [4.78, 5) is 39.3. The van der Waals surface area contributed by atoms with Gasteiger partial charge in [0.1, 0.15) is 11.5 Å². The van der Waals surface area contributed by atoms with Crippen LogP contribution in [0.1, 0.15) is 37.6 Å². The maximum Gasteiger partial charge on any atom is 0.227 e. The first-order valence-electron chi connectivity index (χ1n) is 9.18. The van der Waals surface area contributed by atoms with E-state index >= 15 is 0 Å². The Kier molecular flexibility index (Phi) is 6.82. The van der Waals surface area contributed by atoms with Gasteiger partial charge >= 0.3 is 0 Å². The molecule has 1 aromatic rings. The Balaban J connectivity index is 2.17. The molecular formula is C20H28N2O5. The summed E-state index contributed by atoms with van der Waals surface area (Å²) < 4.78 is 5.80. The third-order valence-electron chi connectivity index (χ3n) is 5.25. The summed E-state index contributed by atoms with van der Waals surface area (Å²) in [6.07, 6.45) is 1.19. The molecule has 1 aliphatic heterocycles. The molecule has 1 N–H and O–H groups in total. The average Bonchev–Trinajstić information content (AvgIpc) is 2.64. The number of carbonyl (C=O) groups excluding carboxylic acids is 3. The van der Waals surface area contributed by atoms with Crippen LogP contribution in [0.25, 0.3) is 0 Å². The number of rotatable bonds is 6. The number of aldehydes is 1. The van der Waals surface area contributed by atoms with E-state index in [-0.39, 0.29) is 47.6 Å². The third kappa shape index (κ3) is 4.78. The number of nitrogens with zero attached hydrogens (tertiary/aromatic N) is 2. The van der Waals surface area contributed by atoms with Crippen molar-refractivity contribution in [2.45, 2.75) is 33.2 Å². The minimum absolute atomic E-state index is 0.0175. The Bertz CT molecular complexity index is 704. The number of likely N-dealkylation sites (tertiary alicyclic amines) is 1. The molecule has 7 heteroatoms. The Morgan fingerprint density at radius 2 is 2.11 bits per heavy atom. The van der Waals surface area contributed by atoms with Gasteiger partial charge in [-0.1, -0.05) is 6.07 Å². The quantitative estimate of drug-likeness (QED) is 0.767. The summed E-state index contributed by atoms with van der Waals surface area (Å²) >= 11 is 0. The number of phenolic OH excluding ortho intramolecular Hbond substituents is 1. The Labute approximate surface area is 159 Å². The molecule has 7 nitrogen and oxygen atoms in total. The van der Waals surface area contributed by atoms with Crippen molar-refractivity contribution in [3.63, 3.8) is 0 Å². The molecule has 2 amide bonds. The van der Waals surface area contributed by atoms with E-state index in [1.165, 1.54) is 13.0 Å². The molecule has 0 aromatic heterocycles. The van der Waals surface area contributed by atoms with Gasteiger partial charge in [-0.25, -0.2) is 0 Å². The van der Waals surface area contributed by atoms with Crippen LogP contribution in [0.2, 0.25) is 0 Å². The Morgan fingerprint density at radius 1 is 1.41 bits per heavy atom. The lowest BCUT2D eigenvalue weighted by Gasteiger charge is -2.39. The van der Waals surface area contributed by atoms with Crippen LogP contribution >= 0.6 is 0 Å². The highest BCUT2D eigenvalue weighted by Crippen LogP contribution is 2.30. The van der Waals surface area contributed by atoms with Crippen molar-refractivity contribution < 1.29 is 24.2 Å². The van der Waals surface area contributed by atoms with Gasteiger partial charge < -0.3 is 19.6 Å². The molecule has 0 saturated carbocycles. The fourth-order valence-electron chi connectivity index (χ4n) is 3.26. The molecule has 1 aliphatic rings. The van der Waals surface area contributed by atoms with E-state index in [0.29, 0.717) is 31.5 Å². The van der Waals surface area contributed by atoms with E-state index < -0.39 is 0 Å². The van der Waals surface area contributed by atoms with Crippen LogP contribution in [0, 0.1) is 11.8 Å². The molecule has 0 aliphatic carbocycles. The lowest BCUT2D eigenvalue weighted by Crippen LogP contribution is -2.51. The zero-order valence-corrected chi connectivity index (χ0v) is 16.3. The van der Waals surface area contributed by atoms with Crippen LogP contribution in [0.5, 0.6) is 11.5 Å². The summed E-state index contributed by atoms with van der Waals surface area (Å²) in [6.45, 7) is 6.56. The number of piperidine rings is 1. The SMILES string of the molecule is CC(=O)N1CCC(COc2cccc(O)c2C=O)C(C(=O)N(C)C(C)C)C1. The molecule has 1 heterocycles. The molecule has 1 aromatic carbocycles. The van der Waals surface area contributed by atoms with E-state index in [1.54, 1.807) is 29.0 Å². The highest BCUT2D eigenvalue weighted by molar-refractivity contribution is 5.83. The average molecular weight is 376 g/mol. The second-order valence-corrected chi connectivity index (χ2v) is 7.28. The monoisotopic (exact) mass is 376 g/mol. The molecule has 1 fully saturated rings. The van der Waals surface area contributed by atoms with Crippen molar-refractivity contribution in [3.8, 4) is 11.5 Å². The number of hydrogen-bond donors (Lipinski definition) is 1. The molecule has 0 bridgehead atoms. The predicted octanol–water partition coefficient (Wildman–Crippen LogP) is 1.93. The topological polar surface area (TPSA) is 87.1 Å². The highest BCUT2D eigenvalue weighted by Gasteiger charge is 2.37. The molecule has 2 unspecified atom stereocenters. The van der Waals surface area contributed by atoms with Gasteiger partial charge in [-0.3, -0.25) is 14.4 Å². The van der Waals surface area contributed by atoms with Crippen molar-refractivity contribution in [1.82, 2.24) is 9.80 Å². The zero-order chi connectivity index (χ0) is 20.1. The van der Waals surface area contributed by atoms with E-state index in [4.69, 9.17) is 4.74 Å². The summed E-state index contributed by atoms with van der Waals surface area (Å²) in [5, 5.41) is 9.78. The van der Waals surface area contributed by atoms with Gasteiger partial charge in [-0.15, -0.1) is 0 Å². The van der Waals surface area contributed by atoms with Gasteiger partial charge in [0.15, 0.2) is 6.29 Å². The van der Waals surface area contributed by atoms with Gasteiger partial charge in [-0.2, -0.15) is 0 Å². The van der Waals surface area contributed by atoms with Crippen LogP contribution in [0.4, 0.5) is 0 Å². The smallest absolute Gasteiger partial charge is 0.227 e. The molecule has 0 spiro atoms. The van der Waals surface area contributed by atoms with Crippen molar-refractivity contribution >= 4 is 18.1 Å². The number of ether oxygens (including phenoxy) is 1. The predicted molar refractivity (Wildman–Crippen MR) is 101 cm³/mol. The number of phenols is 1. The van der Waals surface area contributed by atoms with Gasteiger partial charge in [-0.05, 0) is 32.4 Å². The Morgan fingerprint density at radius 3 is 2.70 bits per heavy atom. The first-order chi connectivity index (χ1) is 12.8. The minimum atomic E-state index is -0.368. The van der Waals surface area contributed by atoms with Crippen molar-refractivity contribution in [1.29, 1.82) is 0 Å². The molecule has 1 saturated heterocycles. The maximum absolute atomic E-state index is 12.9. The van der Waals surface area contributed by atoms with Crippen LogP contribution in [0.15, 0.2) is 18.2 Å². The number of benzene rings is 1. The van der Waals surface area contributed by atoms with Crippen molar-refractivity contribution in [2.24, 2.45) is 11.8 Å². The summed E-state index contributed by atoms with van der Waals surface area (Å²) in [5.74, 6) is -0.363. The zero-order valence-electron chi connectivity index (χ0n) is 16.3. The second kappa shape index (κ2) is 8.88. The van der Waals surface area contributed by atoms with E-state index in [2.05, 4.69) is 0 Å². The molecule has 0 radical (unpaired) electrons. The number of aromatic hydroxyl groups is 1. The molecule has 2 rings (SSSR count). The molecule has 148 valence electrons. The van der Waals surface area contributed by atoms with E-state index in [1.807, 2.05) is 13.8 Å². The lowest BCUT2D eigenvalue weighted by atomic mass is 9.84. The normalized spacial score (nSPS) is 19.7. The minimum Gasteiger partial charge on any atom is -0.507 e. The fourth-order valence-corrected chi connectivity index (χ4v) is 3.26. The van der Waals surface area contributed by atoms with Crippen LogP contribution < -0.4 is 4.74 Å². The third-order valence-corrected chi connectivity index (χ3v) is 5.25. The largest absolute Gasteiger partial charge is 0.507 e. The molecule has 2 atom stereocenters. The van der Waals surface area contributed by atoms with Gasteiger partial charge in [0.05, 0.1) is 18.1 Å². The second-order valence-electron chi connectivity index (χ2n) is 7.28. The number of amides is 2. The van der Waals surface area contributed by atoms with Gasteiger partial charge in [0.25, 0.3) is 0 Å². The van der Waals surface area contributed by atoms with Gasteiger partial charge in [0.2, 0.25) is 11.8 Å². The summed E-state index contributed by atoms with van der Waals surface area (Å²) in [5.41, 5.74) is 0.0980. The van der Waals surface area contributed by atoms with Gasteiger partial charge in [0, 0.05) is 39.0 Å². The summed E-state index contributed by atoms with van der Waals surface area (Å²) in [6, 6.07) is 4.70. The summed E-state index contributed by atoms with van der Waals surface area (Å²) in [7, 11) is 1.76. The fraction of sp³-hybridized carbons (Fsp3) is 0.550. The van der Waals surface area contributed by atoms with Crippen molar-refractivity contribution in [2.75, 3.05) is 26.7 Å². The van der Waals surface area contributed by atoms with Crippen LogP contribution in [-0.4, -0.2) is 65.8 Å². The van der Waals surface area contributed by atoms with E-state index in [9.17, 15) is 19.5 Å².